The molecule has 80 valence electrons. The molecule has 1 aliphatic carbocycles. The molecule has 0 aromatic rings. The molecule has 1 atom stereocenters. The van der Waals surface area contributed by atoms with Crippen LogP contribution < -0.4 is 0 Å². The molecule has 0 heterocycles. The molecule has 0 fully saturated rings. The van der Waals surface area contributed by atoms with E-state index in [1.807, 2.05) is 6.92 Å². The van der Waals surface area contributed by atoms with Gasteiger partial charge in [-0.3, -0.25) is 4.79 Å². The normalized spacial score (nSPS) is 22.6. The molecule has 1 rings (SSSR count). The highest BCUT2D eigenvalue weighted by Gasteiger charge is 2.30. The molecule has 4 nitrogen and oxygen atoms in total. The van der Waals surface area contributed by atoms with Gasteiger partial charge in [0.1, 0.15) is 5.92 Å². The Hall–Kier alpha value is -1.84. The summed E-state index contributed by atoms with van der Waals surface area (Å²) in [7, 11) is 0. The van der Waals surface area contributed by atoms with E-state index in [9.17, 15) is 9.59 Å². The number of allylic oxidation sites excluding steroid dienone is 4. The summed E-state index contributed by atoms with van der Waals surface area (Å²) in [6, 6.07) is 0. The molecule has 0 saturated carbocycles. The van der Waals surface area contributed by atoms with E-state index in [1.54, 1.807) is 18.2 Å². The zero-order valence-electron chi connectivity index (χ0n) is 8.30. The van der Waals surface area contributed by atoms with Gasteiger partial charge in [-0.05, 0) is 12.0 Å². The average molecular weight is 208 g/mol. The number of hydrogen-bond acceptors (Lipinski definition) is 2. The monoisotopic (exact) mass is 208 g/mol. The predicted octanol–water partition coefficient (Wildman–Crippen LogP) is 1.60. The van der Waals surface area contributed by atoms with Crippen molar-refractivity contribution >= 4 is 11.9 Å². The molecular weight excluding hydrogens is 196 g/mol. The molecule has 4 heteroatoms. The minimum atomic E-state index is -1.19. The number of carbonyl (C=O) groups is 2. The van der Waals surface area contributed by atoms with Crippen LogP contribution in [0.2, 0.25) is 0 Å². The van der Waals surface area contributed by atoms with Crippen molar-refractivity contribution < 1.29 is 19.8 Å². The Morgan fingerprint density at radius 1 is 1.47 bits per heavy atom. The van der Waals surface area contributed by atoms with Crippen LogP contribution in [-0.2, 0) is 9.59 Å². The van der Waals surface area contributed by atoms with Crippen molar-refractivity contribution in [2.45, 2.75) is 13.3 Å². The Balaban J connectivity index is 3.14. The number of aliphatic carboxylic acids is 2. The maximum Gasteiger partial charge on any atom is 0.332 e. The van der Waals surface area contributed by atoms with Crippen LogP contribution in [0.25, 0.3) is 0 Å². The zero-order chi connectivity index (χ0) is 11.4. The molecular formula is C11H12O4. The van der Waals surface area contributed by atoms with Gasteiger partial charge < -0.3 is 10.2 Å². The van der Waals surface area contributed by atoms with E-state index in [2.05, 4.69) is 0 Å². The van der Waals surface area contributed by atoms with Crippen LogP contribution in [0, 0.1) is 5.92 Å². The van der Waals surface area contributed by atoms with Gasteiger partial charge in [-0.1, -0.05) is 31.2 Å². The first-order chi connectivity index (χ1) is 7.07. The van der Waals surface area contributed by atoms with Crippen molar-refractivity contribution in [1.82, 2.24) is 0 Å². The van der Waals surface area contributed by atoms with Gasteiger partial charge in [0, 0.05) is 0 Å². The molecule has 0 spiro atoms. The molecule has 0 saturated heterocycles. The molecule has 0 aromatic heterocycles. The Kier molecular flexibility index (Phi) is 3.44. The molecule has 0 aliphatic heterocycles. The van der Waals surface area contributed by atoms with Crippen molar-refractivity contribution in [3.63, 3.8) is 0 Å². The summed E-state index contributed by atoms with van der Waals surface area (Å²) in [6.45, 7) is 1.87. The van der Waals surface area contributed by atoms with Crippen molar-refractivity contribution in [2.24, 2.45) is 5.92 Å². The Bertz CT molecular complexity index is 374. The Morgan fingerprint density at radius 3 is 2.60 bits per heavy atom. The Labute approximate surface area is 87.2 Å². The second-order valence-corrected chi connectivity index (χ2v) is 3.17. The maximum absolute atomic E-state index is 11.0. The maximum atomic E-state index is 11.0. The summed E-state index contributed by atoms with van der Waals surface area (Å²) in [6.07, 6.45) is 6.93. The van der Waals surface area contributed by atoms with E-state index < -0.39 is 17.9 Å². The highest BCUT2D eigenvalue weighted by atomic mass is 16.4. The first-order valence-electron chi connectivity index (χ1n) is 4.62. The summed E-state index contributed by atoms with van der Waals surface area (Å²) in [5, 5.41) is 17.8. The fourth-order valence-electron chi connectivity index (χ4n) is 1.53. The molecule has 0 radical (unpaired) electrons. The second-order valence-electron chi connectivity index (χ2n) is 3.17. The largest absolute Gasteiger partial charge is 0.481 e. The van der Waals surface area contributed by atoms with Crippen LogP contribution in [0.15, 0.2) is 35.5 Å². The molecule has 0 aromatic carbocycles. The van der Waals surface area contributed by atoms with E-state index >= 15 is 0 Å². The topological polar surface area (TPSA) is 74.6 Å². The smallest absolute Gasteiger partial charge is 0.332 e. The lowest BCUT2D eigenvalue weighted by Crippen LogP contribution is -2.24. The van der Waals surface area contributed by atoms with E-state index in [1.165, 1.54) is 6.08 Å². The standard InChI is InChI=1S/C11H12O4/c1-2-4-7-5-3-6-8(10(12)13)9(7)11(14)15/h3-6,9H,2H2,1H3,(H,12,13)(H,14,15). The van der Waals surface area contributed by atoms with Crippen LogP contribution in [-0.4, -0.2) is 22.2 Å². The van der Waals surface area contributed by atoms with Crippen LogP contribution >= 0.6 is 0 Å². The minimum absolute atomic E-state index is 0.0929. The predicted molar refractivity (Wildman–Crippen MR) is 54.4 cm³/mol. The highest BCUT2D eigenvalue weighted by Crippen LogP contribution is 2.26. The van der Waals surface area contributed by atoms with E-state index in [0.29, 0.717) is 12.0 Å². The lowest BCUT2D eigenvalue weighted by Gasteiger charge is -2.17. The fraction of sp³-hybridized carbons (Fsp3) is 0.273. The average Bonchev–Trinajstić information content (AvgIpc) is 2.17. The van der Waals surface area contributed by atoms with Gasteiger partial charge in [0.15, 0.2) is 0 Å². The van der Waals surface area contributed by atoms with Crippen molar-refractivity contribution in [3.05, 3.63) is 35.5 Å². The van der Waals surface area contributed by atoms with Crippen molar-refractivity contribution in [1.29, 1.82) is 0 Å². The summed E-state index contributed by atoms with van der Waals surface area (Å²) < 4.78 is 0. The first kappa shape index (κ1) is 11.2. The summed E-state index contributed by atoms with van der Waals surface area (Å²) in [5.41, 5.74) is 0.439. The summed E-state index contributed by atoms with van der Waals surface area (Å²) >= 11 is 0. The van der Waals surface area contributed by atoms with Gasteiger partial charge in [0.25, 0.3) is 0 Å². The van der Waals surface area contributed by atoms with Crippen molar-refractivity contribution in [3.8, 4) is 0 Å². The van der Waals surface area contributed by atoms with Gasteiger partial charge in [0.05, 0.1) is 5.57 Å². The minimum Gasteiger partial charge on any atom is -0.481 e. The van der Waals surface area contributed by atoms with Crippen molar-refractivity contribution in [2.75, 3.05) is 0 Å². The summed E-state index contributed by atoms with van der Waals surface area (Å²) in [4.78, 5) is 21.8. The van der Waals surface area contributed by atoms with E-state index in [-0.39, 0.29) is 5.57 Å². The number of carboxylic acid groups (broad SMARTS) is 2. The van der Waals surface area contributed by atoms with Gasteiger partial charge >= 0.3 is 11.9 Å². The van der Waals surface area contributed by atoms with E-state index in [4.69, 9.17) is 10.2 Å². The van der Waals surface area contributed by atoms with Gasteiger partial charge in [-0.25, -0.2) is 4.79 Å². The van der Waals surface area contributed by atoms with E-state index in [0.717, 1.165) is 0 Å². The highest BCUT2D eigenvalue weighted by molar-refractivity contribution is 5.97. The molecule has 0 bridgehead atoms. The summed E-state index contributed by atoms with van der Waals surface area (Å²) in [5.74, 6) is -3.37. The van der Waals surface area contributed by atoms with Crippen LogP contribution in [0.4, 0.5) is 0 Å². The lowest BCUT2D eigenvalue weighted by atomic mass is 9.86. The van der Waals surface area contributed by atoms with Crippen LogP contribution in [0.5, 0.6) is 0 Å². The first-order valence-corrected chi connectivity index (χ1v) is 4.62. The molecule has 0 amide bonds. The van der Waals surface area contributed by atoms with Crippen LogP contribution in [0.3, 0.4) is 0 Å². The molecule has 1 aliphatic rings. The number of hydrogen-bond donors (Lipinski definition) is 2. The Morgan fingerprint density at radius 2 is 2.13 bits per heavy atom. The van der Waals surface area contributed by atoms with Gasteiger partial charge in [-0.2, -0.15) is 0 Å². The number of rotatable bonds is 3. The fourth-order valence-corrected chi connectivity index (χ4v) is 1.53. The SMILES string of the molecule is CCC=C1C=CC=C(C(=O)O)C1C(=O)O. The molecule has 1 unspecified atom stereocenters. The third-order valence-electron chi connectivity index (χ3n) is 2.14. The lowest BCUT2D eigenvalue weighted by molar-refractivity contribution is -0.142. The third-order valence-corrected chi connectivity index (χ3v) is 2.14. The third kappa shape index (κ3) is 2.34. The molecule has 15 heavy (non-hydrogen) atoms. The van der Waals surface area contributed by atoms with Gasteiger partial charge in [-0.15, -0.1) is 0 Å². The quantitative estimate of drug-likeness (QED) is 0.738. The van der Waals surface area contributed by atoms with Crippen LogP contribution in [0.1, 0.15) is 13.3 Å². The molecule has 2 N–H and O–H groups in total. The van der Waals surface area contributed by atoms with Gasteiger partial charge in [0.2, 0.25) is 0 Å². The number of carboxylic acids is 2. The second kappa shape index (κ2) is 4.59. The zero-order valence-corrected chi connectivity index (χ0v) is 8.30.